The first-order valence-corrected chi connectivity index (χ1v) is 5.37. The predicted molar refractivity (Wildman–Crippen MR) is 62.7 cm³/mol. The Balaban J connectivity index is 4.05. The third-order valence-electron chi connectivity index (χ3n) is 1.85. The molecular weight excluding hydrogens is 224 g/mol. The molecule has 0 fully saturated rings. The molecule has 0 radical (unpaired) electrons. The quantitative estimate of drug-likeness (QED) is 0.440. The number of ether oxygens (including phenoxy) is 2. The van der Waals surface area contributed by atoms with Gasteiger partial charge in [0.1, 0.15) is 6.10 Å². The summed E-state index contributed by atoms with van der Waals surface area (Å²) in [5.41, 5.74) is 0.495. The Morgan fingerprint density at radius 1 is 1.41 bits per heavy atom. The van der Waals surface area contributed by atoms with Gasteiger partial charge in [0.15, 0.2) is 0 Å². The van der Waals surface area contributed by atoms with E-state index >= 15 is 0 Å². The van der Waals surface area contributed by atoms with E-state index in [0.717, 1.165) is 0 Å². The number of allylic oxidation sites excluding steroid dienone is 2. The Morgan fingerprint density at radius 3 is 2.59 bits per heavy atom. The molecule has 1 atom stereocenters. The van der Waals surface area contributed by atoms with Crippen molar-refractivity contribution in [2.45, 2.75) is 33.3 Å². The van der Waals surface area contributed by atoms with Crippen LogP contribution in [-0.2, 0) is 14.3 Å². The third kappa shape index (κ3) is 8.07. The molecule has 17 heavy (non-hydrogen) atoms. The van der Waals surface area contributed by atoms with Crippen molar-refractivity contribution in [2.75, 3.05) is 6.61 Å². The molecule has 0 spiro atoms. The zero-order valence-corrected chi connectivity index (χ0v) is 10.3. The summed E-state index contributed by atoms with van der Waals surface area (Å²) >= 11 is 0. The molecule has 0 saturated carbocycles. The lowest BCUT2D eigenvalue weighted by Crippen LogP contribution is -2.11. The predicted octanol–water partition coefficient (Wildman–Crippen LogP) is 2.53. The summed E-state index contributed by atoms with van der Waals surface area (Å²) < 4.78 is 9.29. The lowest BCUT2D eigenvalue weighted by molar-refractivity contribution is -0.138. The zero-order valence-electron chi connectivity index (χ0n) is 10.3. The Labute approximate surface area is 101 Å². The normalized spacial score (nSPS) is 13.5. The van der Waals surface area contributed by atoms with Crippen LogP contribution in [0.1, 0.15) is 27.2 Å². The molecule has 0 aliphatic heterocycles. The van der Waals surface area contributed by atoms with E-state index in [1.807, 2.05) is 0 Å². The van der Waals surface area contributed by atoms with Crippen LogP contribution in [0.3, 0.4) is 0 Å². The Bertz CT molecular complexity index is 317. The molecule has 0 bridgehead atoms. The van der Waals surface area contributed by atoms with Crippen molar-refractivity contribution in [3.8, 4) is 0 Å². The van der Waals surface area contributed by atoms with Gasteiger partial charge >= 0.3 is 12.1 Å². The minimum Gasteiger partial charge on any atom is -0.463 e. The molecule has 0 amide bonds. The van der Waals surface area contributed by atoms with Crippen molar-refractivity contribution < 1.29 is 24.2 Å². The molecule has 1 N–H and O–H groups in total. The maximum atomic E-state index is 11.2. The second-order valence-electron chi connectivity index (χ2n) is 3.43. The number of rotatable bonds is 6. The number of hydrogen-bond acceptors (Lipinski definition) is 4. The molecule has 0 rings (SSSR count). The van der Waals surface area contributed by atoms with Gasteiger partial charge in [0.05, 0.1) is 6.61 Å². The first-order valence-electron chi connectivity index (χ1n) is 5.37. The molecule has 0 saturated heterocycles. The number of esters is 1. The van der Waals surface area contributed by atoms with E-state index in [1.165, 1.54) is 0 Å². The SMILES string of the molecule is CCOC(=O)/C(C)=C/C=C/C[C@H](C)OC(=O)O. The smallest absolute Gasteiger partial charge is 0.463 e. The van der Waals surface area contributed by atoms with E-state index in [-0.39, 0.29) is 5.97 Å². The van der Waals surface area contributed by atoms with Gasteiger partial charge in [0, 0.05) is 12.0 Å². The van der Waals surface area contributed by atoms with Gasteiger partial charge in [-0.1, -0.05) is 18.2 Å². The molecule has 5 heteroatoms. The summed E-state index contributed by atoms with van der Waals surface area (Å²) in [5, 5.41) is 8.34. The second kappa shape index (κ2) is 8.38. The molecule has 96 valence electrons. The van der Waals surface area contributed by atoms with Gasteiger partial charge in [-0.2, -0.15) is 0 Å². The molecule has 0 aromatic heterocycles. The Kier molecular flexibility index (Phi) is 7.50. The fourth-order valence-corrected chi connectivity index (χ4v) is 1.02. The summed E-state index contributed by atoms with van der Waals surface area (Å²) in [6.07, 6.45) is 3.79. The largest absolute Gasteiger partial charge is 0.506 e. The molecule has 0 aromatic carbocycles. The molecule has 0 aliphatic rings. The fourth-order valence-electron chi connectivity index (χ4n) is 1.02. The number of carboxylic acid groups (broad SMARTS) is 1. The van der Waals surface area contributed by atoms with Crippen LogP contribution in [0.5, 0.6) is 0 Å². The average molecular weight is 242 g/mol. The number of carbonyl (C=O) groups is 2. The number of carbonyl (C=O) groups excluding carboxylic acids is 1. The fraction of sp³-hybridized carbons (Fsp3) is 0.500. The lowest BCUT2D eigenvalue weighted by Gasteiger charge is -2.06. The van der Waals surface area contributed by atoms with Crippen molar-refractivity contribution in [1.82, 2.24) is 0 Å². The van der Waals surface area contributed by atoms with E-state index in [9.17, 15) is 9.59 Å². The zero-order chi connectivity index (χ0) is 13.3. The third-order valence-corrected chi connectivity index (χ3v) is 1.85. The van der Waals surface area contributed by atoms with Crippen LogP contribution in [0.4, 0.5) is 4.79 Å². The Morgan fingerprint density at radius 2 is 2.06 bits per heavy atom. The number of hydrogen-bond donors (Lipinski definition) is 1. The highest BCUT2D eigenvalue weighted by atomic mass is 16.7. The molecule has 0 unspecified atom stereocenters. The molecule has 0 aromatic rings. The van der Waals surface area contributed by atoms with Gasteiger partial charge in [-0.05, 0) is 20.8 Å². The van der Waals surface area contributed by atoms with Crippen molar-refractivity contribution >= 4 is 12.1 Å². The highest BCUT2D eigenvalue weighted by Crippen LogP contribution is 2.01. The summed E-state index contributed by atoms with van der Waals surface area (Å²) in [6.45, 7) is 5.39. The standard InChI is InChI=1S/C12H18O5/c1-4-16-11(13)9(2)7-5-6-8-10(3)17-12(14)15/h5-7,10H,4,8H2,1-3H3,(H,14,15)/b6-5+,9-7+/t10-/m0/s1. The van der Waals surface area contributed by atoms with Gasteiger partial charge in [0.25, 0.3) is 0 Å². The van der Waals surface area contributed by atoms with Gasteiger partial charge in [0.2, 0.25) is 0 Å². The molecule has 0 heterocycles. The summed E-state index contributed by atoms with van der Waals surface area (Å²) in [5.74, 6) is -0.355. The van der Waals surface area contributed by atoms with Gasteiger partial charge in [-0.15, -0.1) is 0 Å². The van der Waals surface area contributed by atoms with Crippen LogP contribution in [0, 0.1) is 0 Å². The Hall–Kier alpha value is -1.78. The van der Waals surface area contributed by atoms with Crippen molar-refractivity contribution in [1.29, 1.82) is 0 Å². The van der Waals surface area contributed by atoms with E-state index in [0.29, 0.717) is 18.6 Å². The minimum absolute atomic E-state index is 0.344. The van der Waals surface area contributed by atoms with E-state index in [1.54, 1.807) is 39.0 Å². The van der Waals surface area contributed by atoms with Gasteiger partial charge in [-0.3, -0.25) is 0 Å². The van der Waals surface area contributed by atoms with Crippen LogP contribution in [0.2, 0.25) is 0 Å². The van der Waals surface area contributed by atoms with Crippen LogP contribution in [0.15, 0.2) is 23.8 Å². The molecular formula is C12H18O5. The second-order valence-corrected chi connectivity index (χ2v) is 3.43. The summed E-state index contributed by atoms with van der Waals surface area (Å²) in [6, 6.07) is 0. The average Bonchev–Trinajstić information content (AvgIpc) is 2.23. The van der Waals surface area contributed by atoms with Crippen molar-refractivity contribution in [2.24, 2.45) is 0 Å². The van der Waals surface area contributed by atoms with Crippen molar-refractivity contribution in [3.05, 3.63) is 23.8 Å². The van der Waals surface area contributed by atoms with E-state index in [4.69, 9.17) is 9.84 Å². The first kappa shape index (κ1) is 15.2. The van der Waals surface area contributed by atoms with E-state index in [2.05, 4.69) is 4.74 Å². The highest BCUT2D eigenvalue weighted by molar-refractivity contribution is 5.88. The maximum absolute atomic E-state index is 11.2. The molecule has 0 aliphatic carbocycles. The van der Waals surface area contributed by atoms with E-state index < -0.39 is 12.3 Å². The molecule has 5 nitrogen and oxygen atoms in total. The van der Waals surface area contributed by atoms with Gasteiger partial charge < -0.3 is 14.6 Å². The van der Waals surface area contributed by atoms with Gasteiger partial charge in [-0.25, -0.2) is 9.59 Å². The van der Waals surface area contributed by atoms with Crippen molar-refractivity contribution in [3.63, 3.8) is 0 Å². The summed E-state index contributed by atoms with van der Waals surface area (Å²) in [4.78, 5) is 21.4. The topological polar surface area (TPSA) is 72.8 Å². The monoisotopic (exact) mass is 242 g/mol. The first-order chi connectivity index (χ1) is 7.97. The maximum Gasteiger partial charge on any atom is 0.506 e. The minimum atomic E-state index is -1.29. The highest BCUT2D eigenvalue weighted by Gasteiger charge is 2.04. The van der Waals surface area contributed by atoms with Crippen LogP contribution >= 0.6 is 0 Å². The van der Waals surface area contributed by atoms with Crippen LogP contribution in [-0.4, -0.2) is 29.9 Å². The van der Waals surface area contributed by atoms with Crippen LogP contribution < -0.4 is 0 Å². The lowest BCUT2D eigenvalue weighted by atomic mass is 10.2. The van der Waals surface area contributed by atoms with Crippen LogP contribution in [0.25, 0.3) is 0 Å². The summed E-state index contributed by atoms with van der Waals surface area (Å²) in [7, 11) is 0.